The second-order valence-electron chi connectivity index (χ2n) is 6.06. The first-order valence-corrected chi connectivity index (χ1v) is 10.8. The molecule has 1 atom stereocenters. The first kappa shape index (κ1) is 21.1. The van der Waals surface area contributed by atoms with Crippen LogP contribution in [-0.4, -0.2) is 44.0 Å². The second-order valence-corrected chi connectivity index (χ2v) is 9.38. The van der Waals surface area contributed by atoms with Crippen molar-refractivity contribution in [3.8, 4) is 10.6 Å². The molecule has 2 N–H and O–H groups in total. The lowest BCUT2D eigenvalue weighted by molar-refractivity contribution is 0.599. The number of thiazole rings is 1. The number of nitrogens with one attached hydrogen (secondary N) is 2. The zero-order valence-corrected chi connectivity index (χ0v) is 18.7. The third-order valence-corrected chi connectivity index (χ3v) is 7.10. The smallest absolute Gasteiger partial charge is 0.191 e. The monoisotopic (exact) mass is 506 g/mol. The Bertz CT molecular complexity index is 866. The molecule has 1 aliphatic heterocycles. The molecule has 0 spiro atoms. The molecule has 3 rings (SSSR count). The Kier molecular flexibility index (Phi) is 7.42. The third kappa shape index (κ3) is 5.40. The first-order chi connectivity index (χ1) is 12.0. The van der Waals surface area contributed by atoms with E-state index in [1.54, 1.807) is 18.4 Å². The highest BCUT2D eigenvalue weighted by Gasteiger charge is 2.28. The lowest BCUT2D eigenvalue weighted by Crippen LogP contribution is -2.43. The van der Waals surface area contributed by atoms with Gasteiger partial charge in [-0.05, 0) is 13.3 Å². The van der Waals surface area contributed by atoms with Crippen molar-refractivity contribution in [2.45, 2.75) is 25.9 Å². The fraction of sp³-hybridized carbons (Fsp3) is 0.412. The van der Waals surface area contributed by atoms with Crippen LogP contribution in [0.25, 0.3) is 10.6 Å². The summed E-state index contributed by atoms with van der Waals surface area (Å²) in [4.78, 5) is 9.98. The van der Waals surface area contributed by atoms with Gasteiger partial charge in [0, 0.05) is 23.5 Å². The van der Waals surface area contributed by atoms with Crippen molar-refractivity contribution in [1.82, 2.24) is 15.6 Å². The van der Waals surface area contributed by atoms with Crippen LogP contribution in [0.3, 0.4) is 0 Å². The second kappa shape index (κ2) is 9.14. The van der Waals surface area contributed by atoms with Crippen LogP contribution in [0.5, 0.6) is 0 Å². The molecular formula is C17H23IN4O2S2. The summed E-state index contributed by atoms with van der Waals surface area (Å²) in [5, 5.41) is 7.45. The van der Waals surface area contributed by atoms with Crippen molar-refractivity contribution < 1.29 is 8.42 Å². The van der Waals surface area contributed by atoms with Gasteiger partial charge in [0.15, 0.2) is 15.8 Å². The summed E-state index contributed by atoms with van der Waals surface area (Å²) in [6.45, 7) is 2.61. The molecule has 6 nitrogen and oxygen atoms in total. The Morgan fingerprint density at radius 1 is 1.35 bits per heavy atom. The zero-order chi connectivity index (χ0) is 17.9. The molecule has 1 unspecified atom stereocenters. The normalized spacial score (nSPS) is 19.0. The SMILES string of the molecule is CN=C(NCc1sc(-c2ccccc2)nc1C)NC1CCS(=O)(=O)C1.I. The molecule has 1 saturated heterocycles. The number of halogens is 1. The average Bonchev–Trinajstić information content (AvgIpc) is 3.14. The van der Waals surface area contributed by atoms with Crippen molar-refractivity contribution in [3.63, 3.8) is 0 Å². The predicted molar refractivity (Wildman–Crippen MR) is 118 cm³/mol. The molecule has 0 bridgehead atoms. The fourth-order valence-corrected chi connectivity index (χ4v) is 5.44. The van der Waals surface area contributed by atoms with Gasteiger partial charge in [0.05, 0.1) is 23.7 Å². The van der Waals surface area contributed by atoms with Crippen molar-refractivity contribution in [3.05, 3.63) is 40.9 Å². The number of benzene rings is 1. The molecule has 9 heteroatoms. The lowest BCUT2D eigenvalue weighted by atomic mass is 10.2. The molecule has 1 fully saturated rings. The Morgan fingerprint density at radius 3 is 2.69 bits per heavy atom. The summed E-state index contributed by atoms with van der Waals surface area (Å²) in [6, 6.07) is 10.0. The van der Waals surface area contributed by atoms with Gasteiger partial charge in [0.25, 0.3) is 0 Å². The van der Waals surface area contributed by atoms with Crippen LogP contribution in [0.4, 0.5) is 0 Å². The highest BCUT2D eigenvalue weighted by atomic mass is 127. The summed E-state index contributed by atoms with van der Waals surface area (Å²) in [5.74, 6) is 1.04. The van der Waals surface area contributed by atoms with Crippen molar-refractivity contribution >= 4 is 51.1 Å². The van der Waals surface area contributed by atoms with E-state index >= 15 is 0 Å². The molecule has 0 radical (unpaired) electrons. The van der Waals surface area contributed by atoms with Crippen LogP contribution < -0.4 is 10.6 Å². The van der Waals surface area contributed by atoms with E-state index in [0.29, 0.717) is 18.9 Å². The van der Waals surface area contributed by atoms with Gasteiger partial charge in [-0.3, -0.25) is 4.99 Å². The van der Waals surface area contributed by atoms with Gasteiger partial charge >= 0.3 is 0 Å². The largest absolute Gasteiger partial charge is 0.353 e. The van der Waals surface area contributed by atoms with E-state index in [0.717, 1.165) is 21.1 Å². The Hall–Kier alpha value is -1.20. The molecule has 1 aromatic carbocycles. The number of aliphatic imine (C=N–C) groups is 1. The number of rotatable bonds is 4. The molecule has 26 heavy (non-hydrogen) atoms. The van der Waals surface area contributed by atoms with Crippen LogP contribution in [0.1, 0.15) is 17.0 Å². The van der Waals surface area contributed by atoms with Gasteiger partial charge in [0.2, 0.25) is 0 Å². The minimum absolute atomic E-state index is 0. The minimum atomic E-state index is -2.90. The highest BCUT2D eigenvalue weighted by Crippen LogP contribution is 2.27. The Balaban J connectivity index is 0.00000243. The highest BCUT2D eigenvalue weighted by molar-refractivity contribution is 14.0. The van der Waals surface area contributed by atoms with Crippen molar-refractivity contribution in [2.24, 2.45) is 4.99 Å². The molecule has 1 aromatic heterocycles. The molecule has 2 aromatic rings. The maximum atomic E-state index is 11.6. The summed E-state index contributed by atoms with van der Waals surface area (Å²) < 4.78 is 23.1. The number of aryl methyl sites for hydroxylation is 1. The maximum Gasteiger partial charge on any atom is 0.191 e. The molecule has 1 aliphatic rings. The molecular weight excluding hydrogens is 483 g/mol. The zero-order valence-electron chi connectivity index (χ0n) is 14.7. The van der Waals surface area contributed by atoms with Gasteiger partial charge < -0.3 is 10.6 Å². The van der Waals surface area contributed by atoms with E-state index in [1.165, 1.54) is 0 Å². The molecule has 2 heterocycles. The maximum absolute atomic E-state index is 11.6. The summed E-state index contributed by atoms with van der Waals surface area (Å²) in [6.07, 6.45) is 0.626. The average molecular weight is 506 g/mol. The molecule has 0 aliphatic carbocycles. The number of sulfone groups is 1. The fourth-order valence-electron chi connectivity index (χ4n) is 2.76. The van der Waals surface area contributed by atoms with Gasteiger partial charge in [0.1, 0.15) is 5.01 Å². The van der Waals surface area contributed by atoms with Crippen LogP contribution in [0.15, 0.2) is 35.3 Å². The van der Waals surface area contributed by atoms with E-state index < -0.39 is 9.84 Å². The lowest BCUT2D eigenvalue weighted by Gasteiger charge is -2.15. The quantitative estimate of drug-likeness (QED) is 0.379. The van der Waals surface area contributed by atoms with Crippen LogP contribution >= 0.6 is 35.3 Å². The Morgan fingerprint density at radius 2 is 2.08 bits per heavy atom. The van der Waals surface area contributed by atoms with E-state index in [-0.39, 0.29) is 41.5 Å². The van der Waals surface area contributed by atoms with Crippen molar-refractivity contribution in [2.75, 3.05) is 18.6 Å². The van der Waals surface area contributed by atoms with Crippen LogP contribution in [0, 0.1) is 6.92 Å². The minimum Gasteiger partial charge on any atom is -0.353 e. The number of hydrogen-bond donors (Lipinski definition) is 2. The molecule has 142 valence electrons. The topological polar surface area (TPSA) is 83.4 Å². The summed E-state index contributed by atoms with van der Waals surface area (Å²) >= 11 is 1.66. The third-order valence-electron chi connectivity index (χ3n) is 4.13. The number of nitrogens with zero attached hydrogens (tertiary/aromatic N) is 2. The Labute approximate surface area is 175 Å². The van der Waals surface area contributed by atoms with E-state index in [1.807, 2.05) is 25.1 Å². The number of aromatic nitrogens is 1. The molecule has 0 amide bonds. The van der Waals surface area contributed by atoms with E-state index in [4.69, 9.17) is 0 Å². The van der Waals surface area contributed by atoms with Crippen molar-refractivity contribution in [1.29, 1.82) is 0 Å². The van der Waals surface area contributed by atoms with E-state index in [2.05, 4.69) is 32.7 Å². The van der Waals surface area contributed by atoms with Crippen LogP contribution in [-0.2, 0) is 16.4 Å². The van der Waals surface area contributed by atoms with Gasteiger partial charge in [-0.15, -0.1) is 35.3 Å². The predicted octanol–water partition coefficient (Wildman–Crippen LogP) is 2.59. The summed E-state index contributed by atoms with van der Waals surface area (Å²) in [5.41, 5.74) is 2.11. The first-order valence-electron chi connectivity index (χ1n) is 8.16. The summed E-state index contributed by atoms with van der Waals surface area (Å²) in [7, 11) is -1.22. The number of hydrogen-bond acceptors (Lipinski definition) is 5. The number of guanidine groups is 1. The van der Waals surface area contributed by atoms with Gasteiger partial charge in [-0.1, -0.05) is 30.3 Å². The molecule has 0 saturated carbocycles. The van der Waals surface area contributed by atoms with Gasteiger partial charge in [-0.2, -0.15) is 0 Å². The standard InChI is InChI=1S/C17H22N4O2S2.HI/c1-12-15(24-16(20-12)13-6-4-3-5-7-13)10-19-17(18-2)21-14-8-9-25(22,23)11-14;/h3-7,14H,8-11H2,1-2H3,(H2,18,19,21);1H. The van der Waals surface area contributed by atoms with Crippen LogP contribution in [0.2, 0.25) is 0 Å². The van der Waals surface area contributed by atoms with Gasteiger partial charge in [-0.25, -0.2) is 13.4 Å². The van der Waals surface area contributed by atoms with E-state index in [9.17, 15) is 8.42 Å².